The van der Waals surface area contributed by atoms with Gasteiger partial charge in [0.2, 0.25) is 0 Å². The van der Waals surface area contributed by atoms with E-state index < -0.39 is 0 Å². The molecular formula is C20H28N4O2. The second kappa shape index (κ2) is 7.66. The van der Waals surface area contributed by atoms with Crippen LogP contribution in [0.15, 0.2) is 24.3 Å². The number of benzene rings is 1. The van der Waals surface area contributed by atoms with E-state index in [0.29, 0.717) is 18.7 Å². The van der Waals surface area contributed by atoms with Gasteiger partial charge in [0.15, 0.2) is 0 Å². The first kappa shape index (κ1) is 17.3. The highest BCUT2D eigenvalue weighted by atomic mass is 16.2. The van der Waals surface area contributed by atoms with Crippen molar-refractivity contribution in [2.24, 2.45) is 0 Å². The summed E-state index contributed by atoms with van der Waals surface area (Å²) in [5.41, 5.74) is 1.41. The van der Waals surface area contributed by atoms with Gasteiger partial charge in [-0.15, -0.1) is 0 Å². The molecule has 4 rings (SSSR count). The van der Waals surface area contributed by atoms with Crippen molar-refractivity contribution in [2.45, 2.75) is 50.6 Å². The normalized spacial score (nSPS) is 24.7. The van der Waals surface area contributed by atoms with Gasteiger partial charge >= 0.3 is 6.03 Å². The van der Waals surface area contributed by atoms with Crippen LogP contribution in [0.5, 0.6) is 0 Å². The molecule has 0 unspecified atom stereocenters. The van der Waals surface area contributed by atoms with E-state index in [2.05, 4.69) is 15.5 Å². The molecule has 3 fully saturated rings. The van der Waals surface area contributed by atoms with Crippen LogP contribution in [0.25, 0.3) is 0 Å². The van der Waals surface area contributed by atoms with Crippen LogP contribution >= 0.6 is 0 Å². The number of anilines is 1. The van der Waals surface area contributed by atoms with Crippen LogP contribution < -0.4 is 15.5 Å². The highest BCUT2D eigenvalue weighted by molar-refractivity contribution is 5.98. The summed E-state index contributed by atoms with van der Waals surface area (Å²) in [4.78, 5) is 29.0. The summed E-state index contributed by atoms with van der Waals surface area (Å²) < 4.78 is 0. The second-order valence-corrected chi connectivity index (χ2v) is 7.68. The zero-order chi connectivity index (χ0) is 17.9. The monoisotopic (exact) mass is 356 g/mol. The Kier molecular flexibility index (Phi) is 5.11. The van der Waals surface area contributed by atoms with Crippen LogP contribution in [0.3, 0.4) is 0 Å². The molecular weight excluding hydrogens is 328 g/mol. The molecule has 0 aromatic heterocycles. The molecule has 1 aliphatic carbocycles. The van der Waals surface area contributed by atoms with Crippen molar-refractivity contribution in [3.05, 3.63) is 29.8 Å². The summed E-state index contributed by atoms with van der Waals surface area (Å²) in [6, 6.07) is 8.25. The Morgan fingerprint density at radius 3 is 2.77 bits per heavy atom. The maximum Gasteiger partial charge on any atom is 0.321 e. The third-order valence-electron chi connectivity index (χ3n) is 5.90. The molecule has 1 atom stereocenters. The minimum absolute atomic E-state index is 0.0393. The topological polar surface area (TPSA) is 64.7 Å². The number of urea groups is 1. The number of likely N-dealkylation sites (tertiary alicyclic amines) is 1. The third kappa shape index (κ3) is 3.70. The van der Waals surface area contributed by atoms with Gasteiger partial charge in [-0.3, -0.25) is 14.6 Å². The SMILES string of the molecule is O=C(N[C@H]1CCN(C2CCCC2)C1)c1cccc(N2CCCNC2=O)c1. The maximum atomic E-state index is 12.7. The first-order valence-corrected chi connectivity index (χ1v) is 9.91. The molecule has 6 heteroatoms. The van der Waals surface area contributed by atoms with Crippen molar-refractivity contribution in [1.29, 1.82) is 0 Å². The number of carbonyl (C=O) groups excluding carboxylic acids is 2. The summed E-state index contributed by atoms with van der Waals surface area (Å²) in [6.07, 6.45) is 7.24. The van der Waals surface area contributed by atoms with E-state index in [1.54, 1.807) is 4.90 Å². The van der Waals surface area contributed by atoms with Crippen molar-refractivity contribution >= 4 is 17.6 Å². The van der Waals surface area contributed by atoms with Gasteiger partial charge in [-0.05, 0) is 43.9 Å². The highest BCUT2D eigenvalue weighted by Crippen LogP contribution is 2.26. The van der Waals surface area contributed by atoms with E-state index >= 15 is 0 Å². The summed E-state index contributed by atoms with van der Waals surface area (Å²) in [7, 11) is 0. The quantitative estimate of drug-likeness (QED) is 0.870. The van der Waals surface area contributed by atoms with Gasteiger partial charge in [-0.25, -0.2) is 4.79 Å². The maximum absolute atomic E-state index is 12.7. The zero-order valence-corrected chi connectivity index (χ0v) is 15.2. The van der Waals surface area contributed by atoms with Crippen molar-refractivity contribution in [3.8, 4) is 0 Å². The minimum atomic E-state index is -0.0863. The number of nitrogens with one attached hydrogen (secondary N) is 2. The molecule has 6 nitrogen and oxygen atoms in total. The lowest BCUT2D eigenvalue weighted by atomic mass is 10.1. The fourth-order valence-corrected chi connectivity index (χ4v) is 4.47. The lowest BCUT2D eigenvalue weighted by Gasteiger charge is -2.27. The van der Waals surface area contributed by atoms with Gasteiger partial charge in [0.25, 0.3) is 5.91 Å². The lowest BCUT2D eigenvalue weighted by Crippen LogP contribution is -2.46. The number of carbonyl (C=O) groups is 2. The molecule has 1 saturated carbocycles. The lowest BCUT2D eigenvalue weighted by molar-refractivity contribution is 0.0936. The molecule has 26 heavy (non-hydrogen) atoms. The van der Waals surface area contributed by atoms with Gasteiger partial charge in [0, 0.05) is 49.5 Å². The van der Waals surface area contributed by atoms with E-state index in [1.165, 1.54) is 25.7 Å². The van der Waals surface area contributed by atoms with Crippen LogP contribution in [-0.2, 0) is 0 Å². The summed E-state index contributed by atoms with van der Waals surface area (Å²) >= 11 is 0. The largest absolute Gasteiger partial charge is 0.348 e. The Hall–Kier alpha value is -2.08. The fourth-order valence-electron chi connectivity index (χ4n) is 4.47. The summed E-state index contributed by atoms with van der Waals surface area (Å²) in [5, 5.41) is 6.04. The molecule has 1 aromatic carbocycles. The van der Waals surface area contributed by atoms with Crippen LogP contribution in [-0.4, -0.2) is 55.1 Å². The van der Waals surface area contributed by atoms with E-state index in [1.807, 2.05) is 24.3 Å². The van der Waals surface area contributed by atoms with Gasteiger partial charge in [0.05, 0.1) is 0 Å². The van der Waals surface area contributed by atoms with Crippen LogP contribution in [0.2, 0.25) is 0 Å². The molecule has 2 aliphatic heterocycles. The molecule has 0 radical (unpaired) electrons. The molecule has 1 aromatic rings. The third-order valence-corrected chi connectivity index (χ3v) is 5.90. The van der Waals surface area contributed by atoms with Crippen LogP contribution in [0.4, 0.5) is 10.5 Å². The summed E-state index contributed by atoms with van der Waals surface area (Å²) in [6.45, 7) is 3.46. The second-order valence-electron chi connectivity index (χ2n) is 7.68. The fraction of sp³-hybridized carbons (Fsp3) is 0.600. The number of amides is 3. The van der Waals surface area contributed by atoms with Crippen molar-refractivity contribution in [2.75, 3.05) is 31.1 Å². The molecule has 3 aliphatic rings. The molecule has 140 valence electrons. The zero-order valence-electron chi connectivity index (χ0n) is 15.2. The van der Waals surface area contributed by atoms with E-state index in [9.17, 15) is 9.59 Å². The van der Waals surface area contributed by atoms with Gasteiger partial charge in [-0.2, -0.15) is 0 Å². The van der Waals surface area contributed by atoms with Crippen molar-refractivity contribution in [3.63, 3.8) is 0 Å². The first-order chi connectivity index (χ1) is 12.7. The predicted octanol–water partition coefficient (Wildman–Crippen LogP) is 2.35. The first-order valence-electron chi connectivity index (χ1n) is 9.91. The minimum Gasteiger partial charge on any atom is -0.348 e. The van der Waals surface area contributed by atoms with Crippen molar-refractivity contribution in [1.82, 2.24) is 15.5 Å². The number of hydrogen-bond donors (Lipinski definition) is 2. The molecule has 3 amide bonds. The van der Waals surface area contributed by atoms with E-state index in [4.69, 9.17) is 0 Å². The Morgan fingerprint density at radius 2 is 1.96 bits per heavy atom. The van der Waals surface area contributed by atoms with Crippen LogP contribution in [0, 0.1) is 0 Å². The Morgan fingerprint density at radius 1 is 1.12 bits per heavy atom. The highest BCUT2D eigenvalue weighted by Gasteiger charge is 2.30. The average Bonchev–Trinajstić information content (AvgIpc) is 3.34. The Balaban J connectivity index is 1.37. The smallest absolute Gasteiger partial charge is 0.321 e. The van der Waals surface area contributed by atoms with E-state index in [0.717, 1.165) is 37.7 Å². The van der Waals surface area contributed by atoms with Gasteiger partial charge in [-0.1, -0.05) is 18.9 Å². The average molecular weight is 356 g/mol. The molecule has 0 bridgehead atoms. The molecule has 2 heterocycles. The van der Waals surface area contributed by atoms with E-state index in [-0.39, 0.29) is 18.0 Å². The number of nitrogens with zero attached hydrogens (tertiary/aromatic N) is 2. The van der Waals surface area contributed by atoms with Crippen molar-refractivity contribution < 1.29 is 9.59 Å². The number of rotatable bonds is 4. The van der Waals surface area contributed by atoms with Crippen LogP contribution in [0.1, 0.15) is 48.9 Å². The summed E-state index contributed by atoms with van der Waals surface area (Å²) in [5.74, 6) is -0.0393. The standard InChI is InChI=1S/C20H28N4O2/c25-19(22-16-9-12-23(14-16)17-6-1-2-7-17)15-5-3-8-18(13-15)24-11-4-10-21-20(24)26/h3,5,8,13,16-17H,1-2,4,6-7,9-12,14H2,(H,21,26)(H,22,25)/t16-/m0/s1. The Labute approximate surface area is 154 Å². The Bertz CT molecular complexity index is 672. The number of hydrogen-bond acceptors (Lipinski definition) is 3. The molecule has 0 spiro atoms. The van der Waals surface area contributed by atoms with Gasteiger partial charge in [0.1, 0.15) is 0 Å². The molecule has 2 saturated heterocycles. The van der Waals surface area contributed by atoms with Gasteiger partial charge < -0.3 is 10.6 Å². The molecule has 2 N–H and O–H groups in total. The predicted molar refractivity (Wildman–Crippen MR) is 102 cm³/mol.